The summed E-state index contributed by atoms with van der Waals surface area (Å²) in [6, 6.07) is 0. The zero-order valence-corrected chi connectivity index (χ0v) is 67.8. The molecule has 0 aliphatic carbocycles. The van der Waals surface area contributed by atoms with Gasteiger partial charge in [-0.3, -0.25) is 37.3 Å². The lowest BCUT2D eigenvalue weighted by molar-refractivity contribution is -0.161. The zero-order chi connectivity index (χ0) is 74.1. The molecule has 0 fully saturated rings. The Hall–Kier alpha value is -1.94. The largest absolute Gasteiger partial charge is 0.472 e. The molecule has 6 atom stereocenters. The van der Waals surface area contributed by atoms with Gasteiger partial charge in [0.15, 0.2) is 12.2 Å². The van der Waals surface area contributed by atoms with Crippen LogP contribution in [-0.4, -0.2) is 96.7 Å². The smallest absolute Gasteiger partial charge is 0.462 e. The fourth-order valence-electron chi connectivity index (χ4n) is 12.7. The topological polar surface area (TPSA) is 237 Å². The summed E-state index contributed by atoms with van der Waals surface area (Å²) in [4.78, 5) is 73.1. The second-order valence-corrected chi connectivity index (χ2v) is 32.7. The Labute approximate surface area is 619 Å². The van der Waals surface area contributed by atoms with Crippen LogP contribution in [0.1, 0.15) is 439 Å². The number of aliphatic hydroxyl groups excluding tert-OH is 1. The molecule has 0 aliphatic rings. The van der Waals surface area contributed by atoms with Gasteiger partial charge >= 0.3 is 39.5 Å². The van der Waals surface area contributed by atoms with Crippen LogP contribution < -0.4 is 0 Å². The molecule has 0 saturated carbocycles. The standard InChI is InChI=1S/C82H160O17P2/c1-6-10-13-16-19-22-25-28-30-32-33-35-38-41-47-52-57-62-67-81(86)98-77(71-93-80(85)66-61-56-51-46-40-37-34-31-29-26-23-20-17-14-11-7-2)73-96-100(88,89)94-69-76(83)70-95-101(90,91)97-74-78(72-92-79(84)65-60-55-50-45-39-36-27-24-21-18-15-12-8-3)99-82(87)68-63-58-53-48-43-42-44-49-54-59-64-75(5)9-4/h75-78,83H,6-74H2,1-5H3,(H,88,89)(H,90,91)/t75?,76-,77-,78-/m1/s1. The molecule has 0 saturated heterocycles. The Bertz CT molecular complexity index is 1930. The SMILES string of the molecule is CCCCCCCCCCCCCCCCCCCCC(=O)O[C@H](COC(=O)CCCCCCCCCCCCCCCCCC)COP(=O)(O)OC[C@@H](O)COP(=O)(O)OC[C@@H](COC(=O)CCCCCCCCCCCCCCC)OC(=O)CCCCCCCCCCCCC(C)CC. The highest BCUT2D eigenvalue weighted by molar-refractivity contribution is 7.47. The van der Waals surface area contributed by atoms with E-state index in [2.05, 4.69) is 34.6 Å². The number of hydrogen-bond donors (Lipinski definition) is 3. The zero-order valence-electron chi connectivity index (χ0n) is 66.1. The van der Waals surface area contributed by atoms with E-state index in [1.54, 1.807) is 0 Å². The molecule has 0 aromatic heterocycles. The van der Waals surface area contributed by atoms with E-state index in [1.165, 1.54) is 263 Å². The predicted octanol–water partition coefficient (Wildman–Crippen LogP) is 24.8. The Kier molecular flexibility index (Phi) is 73.5. The lowest BCUT2D eigenvalue weighted by Gasteiger charge is -2.21. The van der Waals surface area contributed by atoms with Crippen LogP contribution in [0.25, 0.3) is 0 Å². The van der Waals surface area contributed by atoms with E-state index in [0.717, 1.165) is 95.8 Å². The van der Waals surface area contributed by atoms with Crippen LogP contribution in [0.4, 0.5) is 0 Å². The maximum atomic E-state index is 13.1. The van der Waals surface area contributed by atoms with Crippen molar-refractivity contribution in [3.63, 3.8) is 0 Å². The average Bonchev–Trinajstić information content (AvgIpc) is 0.951. The Morgan fingerprint density at radius 3 is 0.703 bits per heavy atom. The lowest BCUT2D eigenvalue weighted by atomic mass is 9.99. The monoisotopic (exact) mass is 1480 g/mol. The minimum absolute atomic E-state index is 0.107. The fraction of sp³-hybridized carbons (Fsp3) is 0.951. The van der Waals surface area contributed by atoms with Gasteiger partial charge in [0.1, 0.15) is 19.3 Å². The number of carbonyl (C=O) groups is 4. The summed E-state index contributed by atoms with van der Waals surface area (Å²) in [7, 11) is -9.92. The van der Waals surface area contributed by atoms with Gasteiger partial charge in [0.2, 0.25) is 0 Å². The maximum Gasteiger partial charge on any atom is 0.472 e. The summed E-state index contributed by atoms with van der Waals surface area (Å²) in [6.45, 7) is 7.37. The highest BCUT2D eigenvalue weighted by Crippen LogP contribution is 2.45. The van der Waals surface area contributed by atoms with Gasteiger partial charge in [-0.05, 0) is 31.6 Å². The summed E-state index contributed by atoms with van der Waals surface area (Å²) in [5, 5.41) is 10.7. The molecule has 0 radical (unpaired) electrons. The van der Waals surface area contributed by atoms with E-state index in [9.17, 15) is 43.2 Å². The quantitative estimate of drug-likeness (QED) is 0.0222. The van der Waals surface area contributed by atoms with Gasteiger partial charge in [0.05, 0.1) is 26.4 Å². The molecular formula is C82H160O17P2. The summed E-state index contributed by atoms with van der Waals surface area (Å²) in [6.07, 6.45) is 66.4. The molecule has 0 heterocycles. The third kappa shape index (κ3) is 74.7. The molecule has 3 unspecified atom stereocenters. The Morgan fingerprint density at radius 1 is 0.277 bits per heavy atom. The normalized spacial score (nSPS) is 14.1. The number of unbranched alkanes of at least 4 members (excludes halogenated alkanes) is 53. The number of rotatable bonds is 82. The summed E-state index contributed by atoms with van der Waals surface area (Å²) >= 11 is 0. The number of hydrogen-bond acceptors (Lipinski definition) is 15. The first-order valence-electron chi connectivity index (χ1n) is 42.7. The van der Waals surface area contributed by atoms with Gasteiger partial charge in [-0.15, -0.1) is 0 Å². The van der Waals surface area contributed by atoms with E-state index in [1.807, 2.05) is 0 Å². The van der Waals surface area contributed by atoms with E-state index >= 15 is 0 Å². The summed E-state index contributed by atoms with van der Waals surface area (Å²) < 4.78 is 68.8. The minimum Gasteiger partial charge on any atom is -0.462 e. The van der Waals surface area contributed by atoms with E-state index in [-0.39, 0.29) is 25.7 Å². The molecule has 3 N–H and O–H groups in total. The van der Waals surface area contributed by atoms with Crippen LogP contribution >= 0.6 is 15.6 Å². The first-order chi connectivity index (χ1) is 49.1. The molecule has 600 valence electrons. The molecule has 0 spiro atoms. The molecule has 0 amide bonds. The molecule has 0 bridgehead atoms. The molecule has 0 aromatic carbocycles. The number of aliphatic hydroxyl groups is 1. The van der Waals surface area contributed by atoms with Crippen molar-refractivity contribution in [1.82, 2.24) is 0 Å². The lowest BCUT2D eigenvalue weighted by Crippen LogP contribution is -2.30. The Balaban J connectivity index is 5.27. The number of esters is 4. The second kappa shape index (κ2) is 74.9. The molecule has 17 nitrogen and oxygen atoms in total. The molecule has 19 heteroatoms. The fourth-order valence-corrected chi connectivity index (χ4v) is 14.3. The van der Waals surface area contributed by atoms with Crippen LogP contribution in [0.5, 0.6) is 0 Å². The van der Waals surface area contributed by atoms with Crippen LogP contribution in [0.2, 0.25) is 0 Å². The van der Waals surface area contributed by atoms with E-state index < -0.39 is 97.5 Å². The first-order valence-corrected chi connectivity index (χ1v) is 45.7. The molecule has 0 aromatic rings. The van der Waals surface area contributed by atoms with Gasteiger partial charge in [-0.25, -0.2) is 9.13 Å². The average molecular weight is 1480 g/mol. The number of ether oxygens (including phenoxy) is 4. The highest BCUT2D eigenvalue weighted by Gasteiger charge is 2.30. The number of carbonyl (C=O) groups excluding carboxylic acids is 4. The van der Waals surface area contributed by atoms with Crippen LogP contribution in [0, 0.1) is 5.92 Å². The van der Waals surface area contributed by atoms with Crippen molar-refractivity contribution in [3.8, 4) is 0 Å². The van der Waals surface area contributed by atoms with E-state index in [4.69, 9.17) is 37.0 Å². The highest BCUT2D eigenvalue weighted by atomic mass is 31.2. The van der Waals surface area contributed by atoms with E-state index in [0.29, 0.717) is 25.7 Å². The summed E-state index contributed by atoms with van der Waals surface area (Å²) in [5.41, 5.74) is 0. The second-order valence-electron chi connectivity index (χ2n) is 29.8. The minimum atomic E-state index is -4.96. The van der Waals surface area contributed by atoms with Gasteiger partial charge in [0, 0.05) is 25.7 Å². The van der Waals surface area contributed by atoms with Crippen molar-refractivity contribution in [1.29, 1.82) is 0 Å². The third-order valence-corrected chi connectivity index (χ3v) is 21.5. The van der Waals surface area contributed by atoms with Gasteiger partial charge in [-0.2, -0.15) is 0 Å². The number of phosphoric ester groups is 2. The van der Waals surface area contributed by atoms with Gasteiger partial charge < -0.3 is 33.8 Å². The van der Waals surface area contributed by atoms with Crippen LogP contribution in [0.15, 0.2) is 0 Å². The van der Waals surface area contributed by atoms with Crippen LogP contribution in [-0.2, 0) is 65.4 Å². The number of phosphoric acid groups is 2. The predicted molar refractivity (Wildman–Crippen MR) is 414 cm³/mol. The third-order valence-electron chi connectivity index (χ3n) is 19.6. The molecule has 0 aliphatic heterocycles. The van der Waals surface area contributed by atoms with Crippen molar-refractivity contribution >= 4 is 39.5 Å². The Morgan fingerprint density at radius 2 is 0.475 bits per heavy atom. The molecule has 101 heavy (non-hydrogen) atoms. The first kappa shape index (κ1) is 99.1. The molecular weight excluding hydrogens is 1320 g/mol. The molecule has 0 rings (SSSR count). The van der Waals surface area contributed by atoms with Crippen LogP contribution in [0.3, 0.4) is 0 Å². The van der Waals surface area contributed by atoms with Gasteiger partial charge in [0.25, 0.3) is 0 Å². The van der Waals surface area contributed by atoms with Crippen molar-refractivity contribution in [2.24, 2.45) is 5.92 Å². The van der Waals surface area contributed by atoms with Gasteiger partial charge in [-0.1, -0.05) is 388 Å². The summed E-state index contributed by atoms with van der Waals surface area (Å²) in [5.74, 6) is -1.30. The van der Waals surface area contributed by atoms with Crippen molar-refractivity contribution < 1.29 is 80.2 Å². The maximum absolute atomic E-state index is 13.1. The van der Waals surface area contributed by atoms with Crippen molar-refractivity contribution in [2.75, 3.05) is 39.6 Å². The van der Waals surface area contributed by atoms with Crippen molar-refractivity contribution in [2.45, 2.75) is 457 Å². The van der Waals surface area contributed by atoms with Crippen molar-refractivity contribution in [3.05, 3.63) is 0 Å².